The van der Waals surface area contributed by atoms with Gasteiger partial charge in [0.25, 0.3) is 0 Å². The van der Waals surface area contributed by atoms with Gasteiger partial charge in [-0.3, -0.25) is 9.59 Å². The highest BCUT2D eigenvalue weighted by atomic mass is 16.5. The number of carboxylic acid groups (broad SMARTS) is 1. The number of hydrogen-bond acceptors (Lipinski definition) is 4. The average molecular weight is 340 g/mol. The fourth-order valence-corrected chi connectivity index (χ4v) is 2.82. The Bertz CT molecular complexity index is 765. The van der Waals surface area contributed by atoms with Crippen LogP contribution in [-0.2, 0) is 9.59 Å². The second-order valence-electron chi connectivity index (χ2n) is 6.46. The van der Waals surface area contributed by atoms with Crippen LogP contribution in [0.3, 0.4) is 0 Å². The number of rotatable bonds is 6. The van der Waals surface area contributed by atoms with Gasteiger partial charge in [0.05, 0.1) is 17.3 Å². The number of aliphatic carboxylic acids is 1. The summed E-state index contributed by atoms with van der Waals surface area (Å²) in [6.45, 7) is 2.00. The van der Waals surface area contributed by atoms with E-state index in [0.717, 1.165) is 12.0 Å². The fraction of sp³-hybridized carbons (Fsp3) is 0.316. The monoisotopic (exact) mass is 340 g/mol. The molecule has 0 atom stereocenters. The predicted molar refractivity (Wildman–Crippen MR) is 92.7 cm³/mol. The number of pyridine rings is 1. The van der Waals surface area contributed by atoms with E-state index in [0.29, 0.717) is 30.2 Å². The lowest BCUT2D eigenvalue weighted by molar-refractivity contribution is -0.157. The quantitative estimate of drug-likeness (QED) is 0.836. The molecule has 2 aromatic rings. The summed E-state index contributed by atoms with van der Waals surface area (Å²) >= 11 is 0. The number of amides is 1. The lowest BCUT2D eigenvalue weighted by Gasteiger charge is -2.36. The summed E-state index contributed by atoms with van der Waals surface area (Å²) in [7, 11) is 0. The van der Waals surface area contributed by atoms with Gasteiger partial charge >= 0.3 is 5.97 Å². The predicted octanol–water partition coefficient (Wildman–Crippen LogP) is 3.77. The summed E-state index contributed by atoms with van der Waals surface area (Å²) in [5.74, 6) is -0.101. The van der Waals surface area contributed by atoms with Crippen molar-refractivity contribution in [3.05, 3.63) is 48.2 Å². The van der Waals surface area contributed by atoms with E-state index >= 15 is 0 Å². The molecule has 2 N–H and O–H groups in total. The Kier molecular flexibility index (Phi) is 4.70. The smallest absolute Gasteiger partial charge is 0.310 e. The number of benzene rings is 1. The normalized spacial score (nSPS) is 15.1. The van der Waals surface area contributed by atoms with Crippen LogP contribution in [0.5, 0.6) is 11.6 Å². The van der Waals surface area contributed by atoms with Gasteiger partial charge in [-0.1, -0.05) is 24.1 Å². The summed E-state index contributed by atoms with van der Waals surface area (Å²) in [4.78, 5) is 27.6. The number of carbonyl (C=O) groups is 2. The third-order valence-electron chi connectivity index (χ3n) is 4.53. The Balaban J connectivity index is 1.58. The molecular formula is C19H20N2O4. The summed E-state index contributed by atoms with van der Waals surface area (Å²) in [5.41, 5.74) is 0.761. The van der Waals surface area contributed by atoms with Crippen LogP contribution in [0.2, 0.25) is 0 Å². The number of aryl methyl sites for hydroxylation is 1. The van der Waals surface area contributed by atoms with E-state index in [9.17, 15) is 14.7 Å². The van der Waals surface area contributed by atoms with Crippen LogP contribution in [0.4, 0.5) is 5.69 Å². The SMILES string of the molecule is Cc1ccc(Oc2ccc(NC(=O)CC3(C(=O)O)CCC3)cn2)cc1. The molecule has 1 aromatic heterocycles. The van der Waals surface area contributed by atoms with Crippen LogP contribution in [-0.4, -0.2) is 22.0 Å². The topological polar surface area (TPSA) is 88.5 Å². The van der Waals surface area contributed by atoms with Gasteiger partial charge in [-0.25, -0.2) is 4.98 Å². The molecule has 130 valence electrons. The van der Waals surface area contributed by atoms with Crippen molar-refractivity contribution in [1.82, 2.24) is 4.98 Å². The molecule has 1 heterocycles. The molecule has 1 amide bonds. The van der Waals surface area contributed by atoms with Crippen LogP contribution < -0.4 is 10.1 Å². The fourth-order valence-electron chi connectivity index (χ4n) is 2.82. The van der Waals surface area contributed by atoms with Gasteiger partial charge in [-0.15, -0.1) is 0 Å². The second kappa shape index (κ2) is 6.93. The van der Waals surface area contributed by atoms with Crippen molar-refractivity contribution in [3.63, 3.8) is 0 Å². The zero-order valence-corrected chi connectivity index (χ0v) is 14.0. The Labute approximate surface area is 145 Å². The highest BCUT2D eigenvalue weighted by molar-refractivity contribution is 5.94. The maximum absolute atomic E-state index is 12.1. The number of carboxylic acids is 1. The molecule has 1 aromatic carbocycles. The molecule has 0 unspecified atom stereocenters. The minimum absolute atomic E-state index is 0.00997. The summed E-state index contributed by atoms with van der Waals surface area (Å²) in [5, 5.41) is 12.0. The van der Waals surface area contributed by atoms with Crippen molar-refractivity contribution < 1.29 is 19.4 Å². The lowest BCUT2D eigenvalue weighted by atomic mass is 9.66. The van der Waals surface area contributed by atoms with Crippen LogP contribution in [0.15, 0.2) is 42.6 Å². The first kappa shape index (κ1) is 17.0. The molecule has 6 nitrogen and oxygen atoms in total. The van der Waals surface area contributed by atoms with Crippen LogP contribution in [0.1, 0.15) is 31.2 Å². The van der Waals surface area contributed by atoms with Gasteiger partial charge in [0.2, 0.25) is 11.8 Å². The van der Waals surface area contributed by atoms with Crippen LogP contribution >= 0.6 is 0 Å². The van der Waals surface area contributed by atoms with Crippen LogP contribution in [0.25, 0.3) is 0 Å². The Morgan fingerprint density at radius 2 is 1.92 bits per heavy atom. The second-order valence-corrected chi connectivity index (χ2v) is 6.46. The van der Waals surface area contributed by atoms with Crippen LogP contribution in [0, 0.1) is 12.3 Å². The average Bonchev–Trinajstić information content (AvgIpc) is 2.54. The molecule has 25 heavy (non-hydrogen) atoms. The van der Waals surface area contributed by atoms with E-state index in [1.807, 2.05) is 31.2 Å². The van der Waals surface area contributed by atoms with Crippen molar-refractivity contribution in [2.24, 2.45) is 5.41 Å². The lowest BCUT2D eigenvalue weighted by Crippen LogP contribution is -2.41. The first-order valence-electron chi connectivity index (χ1n) is 8.21. The first-order valence-corrected chi connectivity index (χ1v) is 8.21. The molecule has 1 fully saturated rings. The standard InChI is InChI=1S/C19H20N2O4/c1-13-3-6-15(7-4-13)25-17-8-5-14(12-20-17)21-16(22)11-19(18(23)24)9-2-10-19/h3-8,12H,2,9-11H2,1H3,(H,21,22)(H,23,24). The van der Waals surface area contributed by atoms with Gasteiger partial charge in [0, 0.05) is 12.5 Å². The highest BCUT2D eigenvalue weighted by Crippen LogP contribution is 2.44. The molecule has 1 aliphatic carbocycles. The molecule has 0 saturated heterocycles. The minimum atomic E-state index is -0.897. The number of aromatic nitrogens is 1. The van der Waals surface area contributed by atoms with Gasteiger partial charge in [0.1, 0.15) is 5.75 Å². The Hall–Kier alpha value is -2.89. The number of carbonyl (C=O) groups excluding carboxylic acids is 1. The van der Waals surface area contributed by atoms with Crippen molar-refractivity contribution in [2.45, 2.75) is 32.6 Å². The molecular weight excluding hydrogens is 320 g/mol. The van der Waals surface area contributed by atoms with E-state index < -0.39 is 11.4 Å². The third kappa shape index (κ3) is 3.96. The number of anilines is 1. The van der Waals surface area contributed by atoms with Crippen molar-refractivity contribution in [2.75, 3.05) is 5.32 Å². The summed E-state index contributed by atoms with van der Waals surface area (Å²) < 4.78 is 5.63. The molecule has 0 aliphatic heterocycles. The van der Waals surface area contributed by atoms with E-state index in [2.05, 4.69) is 10.3 Å². The minimum Gasteiger partial charge on any atom is -0.481 e. The Morgan fingerprint density at radius 3 is 2.44 bits per heavy atom. The first-order chi connectivity index (χ1) is 12.0. The molecule has 0 radical (unpaired) electrons. The molecule has 1 aliphatic rings. The molecule has 1 saturated carbocycles. The van der Waals surface area contributed by atoms with Gasteiger partial charge in [-0.05, 0) is 38.0 Å². The largest absolute Gasteiger partial charge is 0.481 e. The summed E-state index contributed by atoms with van der Waals surface area (Å²) in [6, 6.07) is 11.0. The van der Waals surface area contributed by atoms with E-state index in [1.165, 1.54) is 6.20 Å². The molecule has 0 spiro atoms. The van der Waals surface area contributed by atoms with E-state index in [1.54, 1.807) is 12.1 Å². The molecule has 3 rings (SSSR count). The van der Waals surface area contributed by atoms with Crippen molar-refractivity contribution >= 4 is 17.6 Å². The van der Waals surface area contributed by atoms with Crippen molar-refractivity contribution in [3.8, 4) is 11.6 Å². The zero-order chi connectivity index (χ0) is 17.9. The Morgan fingerprint density at radius 1 is 1.20 bits per heavy atom. The van der Waals surface area contributed by atoms with Crippen molar-refractivity contribution in [1.29, 1.82) is 0 Å². The van der Waals surface area contributed by atoms with E-state index in [-0.39, 0.29) is 12.3 Å². The zero-order valence-electron chi connectivity index (χ0n) is 14.0. The van der Waals surface area contributed by atoms with Gasteiger partial charge in [-0.2, -0.15) is 0 Å². The summed E-state index contributed by atoms with van der Waals surface area (Å²) in [6.07, 6.45) is 3.44. The van der Waals surface area contributed by atoms with E-state index in [4.69, 9.17) is 4.74 Å². The highest BCUT2D eigenvalue weighted by Gasteiger charge is 2.45. The maximum atomic E-state index is 12.1. The molecule has 0 bridgehead atoms. The van der Waals surface area contributed by atoms with Gasteiger partial charge in [0.15, 0.2) is 0 Å². The van der Waals surface area contributed by atoms with Gasteiger partial charge < -0.3 is 15.2 Å². The third-order valence-corrected chi connectivity index (χ3v) is 4.53. The molecule has 6 heteroatoms. The number of hydrogen-bond donors (Lipinski definition) is 2. The number of nitrogens with zero attached hydrogens (tertiary/aromatic N) is 1. The number of nitrogens with one attached hydrogen (secondary N) is 1. The number of ether oxygens (including phenoxy) is 1. The maximum Gasteiger partial charge on any atom is 0.310 e.